The summed E-state index contributed by atoms with van der Waals surface area (Å²) in [5.74, 6) is -1.55. The number of unbranched alkanes of at least 4 members (excludes halogenated alkanes) is 55. The van der Waals surface area contributed by atoms with Gasteiger partial charge in [0.2, 0.25) is 0 Å². The van der Waals surface area contributed by atoms with Crippen LogP contribution in [0.3, 0.4) is 0 Å². The minimum Gasteiger partial charge on any atom is -0.463 e. The first-order valence-electron chi connectivity index (χ1n) is 57.1. The number of phosphoric acid groups is 2. The maximum Gasteiger partial charge on any atom is 0.472 e. The highest BCUT2D eigenvalue weighted by Crippen LogP contribution is 2.45. The van der Waals surface area contributed by atoms with Crippen molar-refractivity contribution in [2.45, 2.75) is 527 Å². The van der Waals surface area contributed by atoms with Crippen LogP contribution in [0.25, 0.3) is 0 Å². The van der Waals surface area contributed by atoms with E-state index in [4.69, 9.17) is 32.3 Å². The molecule has 0 rings (SSSR count). The Morgan fingerprint density at radius 1 is 0.209 bits per heavy atom. The van der Waals surface area contributed by atoms with E-state index in [0.717, 1.165) is 154 Å². The predicted octanol–water partition coefficient (Wildman–Crippen LogP) is 37.0. The van der Waals surface area contributed by atoms with Gasteiger partial charge in [0.25, 0.3) is 0 Å². The molecule has 0 aliphatic carbocycles. The van der Waals surface area contributed by atoms with E-state index >= 15 is 0 Å². The summed E-state index contributed by atoms with van der Waals surface area (Å²) in [6, 6.07) is 0. The number of rotatable bonds is 108. The quantitative estimate of drug-likeness (QED) is 0.0146. The predicted molar refractivity (Wildman–Crippen MR) is 592 cm³/mol. The first kappa shape index (κ1) is 134. The van der Waals surface area contributed by atoms with Gasteiger partial charge in [-0.15, -0.1) is 0 Å². The number of aliphatic hydroxyl groups excluding tert-OH is 2. The fraction of sp³-hybridized carbons (Fsp3) is 0.727. The van der Waals surface area contributed by atoms with Crippen molar-refractivity contribution < 1.29 is 75.8 Å². The lowest BCUT2D eigenvalue weighted by atomic mass is 10.0. The van der Waals surface area contributed by atoms with Crippen LogP contribution < -0.4 is 0 Å². The fourth-order valence-electron chi connectivity index (χ4n) is 16.1. The lowest BCUT2D eigenvalue weighted by Gasteiger charge is -2.21. The van der Waals surface area contributed by atoms with E-state index in [1.807, 2.05) is 0 Å². The maximum atomic E-state index is 13.2. The van der Waals surface area contributed by atoms with Gasteiger partial charge < -0.3 is 34.2 Å². The number of ether oxygens (including phenoxy) is 3. The number of hydrogen-bond acceptors (Lipinski definition) is 14. The third-order valence-electron chi connectivity index (χ3n) is 24.6. The van der Waals surface area contributed by atoms with Crippen LogP contribution in [-0.4, -0.2) is 95.9 Å². The minimum atomic E-state index is -4.95. The summed E-state index contributed by atoms with van der Waals surface area (Å²) in [5.41, 5.74) is 0. The lowest BCUT2D eigenvalue weighted by Crippen LogP contribution is -2.30. The Labute approximate surface area is 853 Å². The van der Waals surface area contributed by atoms with Crippen LogP contribution in [0.1, 0.15) is 509 Å². The summed E-state index contributed by atoms with van der Waals surface area (Å²) in [7, 11) is -9.82. The summed E-state index contributed by atoms with van der Waals surface area (Å²) < 4.78 is 61.9. The Kier molecular flexibility index (Phi) is 107. The van der Waals surface area contributed by atoms with Gasteiger partial charge in [-0.05, 0) is 161 Å². The molecule has 0 radical (unpaired) electrons. The van der Waals surface area contributed by atoms with Gasteiger partial charge in [0.15, 0.2) is 6.10 Å². The molecule has 0 aromatic heterocycles. The second-order valence-corrected chi connectivity index (χ2v) is 41.0. The molecule has 0 fully saturated rings. The summed E-state index contributed by atoms with van der Waals surface area (Å²) in [6.45, 7) is 2.53. The van der Waals surface area contributed by atoms with Crippen molar-refractivity contribution in [2.75, 3.05) is 39.6 Å². The SMILES string of the molecule is CC/C=C\C/C=C\C/C=C\C/C=C\C/C=C\C/C=C\CCCCCCCCCCCCCCCCCCC(=O)OCC(O)COP(=O)(O)OCC(O)COP(=O)(O)OCC(COC(=O)CCCCCCCCCCCCCCCCCCCCC/C=C\C/C=C\C/C=C\C/C=C\C/C=C\CC)OC(=O)CCCCCCCCCCCCCCCCCCC/C=C\C/C=C\C/C=C\C/C=C\CCCCC. The highest BCUT2D eigenvalue weighted by molar-refractivity contribution is 7.47. The van der Waals surface area contributed by atoms with Crippen LogP contribution in [0.5, 0.6) is 0 Å². The first-order chi connectivity index (χ1) is 68.2. The Morgan fingerprint density at radius 3 is 0.604 bits per heavy atom. The van der Waals surface area contributed by atoms with Crippen LogP contribution >= 0.6 is 15.6 Å². The second-order valence-electron chi connectivity index (χ2n) is 38.1. The van der Waals surface area contributed by atoms with Gasteiger partial charge in [-0.2, -0.15) is 0 Å². The number of phosphoric ester groups is 2. The molecule has 0 spiro atoms. The maximum absolute atomic E-state index is 13.2. The molecule has 16 nitrogen and oxygen atoms in total. The molecule has 0 aliphatic heterocycles. The van der Waals surface area contributed by atoms with Gasteiger partial charge in [0.05, 0.1) is 26.4 Å². The molecule has 0 aliphatic rings. The lowest BCUT2D eigenvalue weighted by molar-refractivity contribution is -0.161. The standard InChI is InChI=1S/C121H210O16P2/c1-4-7-10-13-16-19-22-25-28-31-34-37-40-43-46-49-52-55-57-60-62-65-68-71-74-77-80-83-86-89-92-95-98-101-104-107-119(124)131-110-116(122)111-133-138(127,128)134-112-117(123)113-135-139(129,130)136-115-118(137-121(126)109-106-103-100-97-94-91-88-85-82-79-76-73-70-67-64-59-54-51-48-45-42-39-36-33-30-27-24-21-18-15-12-9-6-3)114-132-120(125)108-105-102-99-96-93-90-87-84-81-78-75-72-69-66-63-61-58-56-53-50-47-44-41-38-35-32-29-26-23-20-17-14-11-8-5-2/h7-8,10-11,16-21,25-30,34-39,43-48,52,55,116-118,122-123H,4-6,9,12-15,22-24,31-33,40-42,49-51,53-54,56-115H2,1-3H3,(H,127,128)(H,129,130)/b10-7-,11-8-,19-16-,20-17-,21-18-,28-25-,29-26-,30-27-,37-34-,38-35-,39-36-,46-43-,47-44-,48-45-,55-52-. The molecule has 0 aromatic carbocycles. The molecular formula is C121H210O16P2. The number of allylic oxidation sites excluding steroid dienone is 30. The molecule has 0 heterocycles. The van der Waals surface area contributed by atoms with Gasteiger partial charge >= 0.3 is 33.6 Å². The van der Waals surface area contributed by atoms with E-state index in [9.17, 15) is 43.5 Å². The molecule has 0 saturated carbocycles. The average Bonchev–Trinajstić information content (AvgIpc) is 0.891. The number of aliphatic hydroxyl groups is 2. The topological polar surface area (TPSA) is 231 Å². The number of carbonyl (C=O) groups excluding carboxylic acids is 3. The van der Waals surface area contributed by atoms with Crippen LogP contribution in [0.2, 0.25) is 0 Å². The van der Waals surface area contributed by atoms with Crippen molar-refractivity contribution in [3.8, 4) is 0 Å². The van der Waals surface area contributed by atoms with Crippen LogP contribution in [0.15, 0.2) is 182 Å². The molecule has 0 saturated heterocycles. The van der Waals surface area contributed by atoms with Gasteiger partial charge in [-0.25, -0.2) is 9.13 Å². The average molecular weight is 1980 g/mol. The first-order valence-corrected chi connectivity index (χ1v) is 60.1. The zero-order valence-corrected chi connectivity index (χ0v) is 90.9. The number of hydrogen-bond donors (Lipinski definition) is 4. The van der Waals surface area contributed by atoms with Crippen molar-refractivity contribution in [1.29, 1.82) is 0 Å². The monoisotopic (exact) mass is 1980 g/mol. The van der Waals surface area contributed by atoms with Crippen molar-refractivity contribution in [3.63, 3.8) is 0 Å². The highest BCUT2D eigenvalue weighted by atomic mass is 31.2. The van der Waals surface area contributed by atoms with Crippen LogP contribution in [-0.2, 0) is 55.8 Å². The normalized spacial score (nSPS) is 14.2. The zero-order valence-electron chi connectivity index (χ0n) is 89.1. The van der Waals surface area contributed by atoms with Crippen LogP contribution in [0, 0.1) is 0 Å². The van der Waals surface area contributed by atoms with E-state index in [0.29, 0.717) is 19.3 Å². The molecule has 139 heavy (non-hydrogen) atoms. The van der Waals surface area contributed by atoms with E-state index < -0.39 is 91.5 Å². The van der Waals surface area contributed by atoms with E-state index in [1.54, 1.807) is 0 Å². The van der Waals surface area contributed by atoms with Crippen molar-refractivity contribution >= 4 is 33.6 Å². The third-order valence-corrected chi connectivity index (χ3v) is 26.5. The summed E-state index contributed by atoms with van der Waals surface area (Å²) >= 11 is 0. The highest BCUT2D eigenvalue weighted by Gasteiger charge is 2.30. The van der Waals surface area contributed by atoms with E-state index in [-0.39, 0.29) is 19.3 Å². The molecule has 4 N–H and O–H groups in total. The summed E-state index contributed by atoms with van der Waals surface area (Å²) in [4.78, 5) is 59.4. The van der Waals surface area contributed by atoms with E-state index in [2.05, 4.69) is 203 Å². The molecule has 5 atom stereocenters. The molecule has 0 amide bonds. The summed E-state index contributed by atoms with van der Waals surface area (Å²) in [6.07, 6.45) is 150. The number of esters is 3. The van der Waals surface area contributed by atoms with Gasteiger partial charge in [-0.3, -0.25) is 32.5 Å². The van der Waals surface area contributed by atoms with Crippen molar-refractivity contribution in [1.82, 2.24) is 0 Å². The third kappa shape index (κ3) is 113. The van der Waals surface area contributed by atoms with Crippen molar-refractivity contribution in [3.05, 3.63) is 182 Å². The molecule has 0 bridgehead atoms. The molecule has 5 unspecified atom stereocenters. The Balaban J connectivity index is 4.59. The minimum absolute atomic E-state index is 0.105. The van der Waals surface area contributed by atoms with Gasteiger partial charge in [0, 0.05) is 19.3 Å². The summed E-state index contributed by atoms with van der Waals surface area (Å²) in [5, 5.41) is 20.9. The second kappa shape index (κ2) is 111. The van der Waals surface area contributed by atoms with E-state index in [1.165, 1.54) is 295 Å². The fourth-order valence-corrected chi connectivity index (χ4v) is 17.6. The van der Waals surface area contributed by atoms with Crippen LogP contribution in [0.4, 0.5) is 0 Å². The number of carbonyl (C=O) groups is 3. The molecule has 18 heteroatoms. The largest absolute Gasteiger partial charge is 0.472 e. The molecule has 0 aromatic rings. The molecule has 800 valence electrons. The Morgan fingerprint density at radius 2 is 0.381 bits per heavy atom. The van der Waals surface area contributed by atoms with Gasteiger partial charge in [0.1, 0.15) is 25.4 Å². The zero-order chi connectivity index (χ0) is 101. The smallest absolute Gasteiger partial charge is 0.463 e. The Bertz CT molecular complexity index is 3260. The Hall–Kier alpha value is -5.35. The van der Waals surface area contributed by atoms with Gasteiger partial charge in [-0.1, -0.05) is 511 Å². The van der Waals surface area contributed by atoms with Crippen molar-refractivity contribution in [2.24, 2.45) is 0 Å². The molecular weight excluding hydrogens is 1770 g/mol.